The van der Waals surface area contributed by atoms with Crippen molar-refractivity contribution in [2.24, 2.45) is 0 Å². The molecule has 0 atom stereocenters. The number of halogens is 2. The van der Waals surface area contributed by atoms with Crippen molar-refractivity contribution in [3.63, 3.8) is 0 Å². The maximum absolute atomic E-state index is 10.7. The van der Waals surface area contributed by atoms with Crippen LogP contribution in [0.2, 0.25) is 10.0 Å². The van der Waals surface area contributed by atoms with Gasteiger partial charge >= 0.3 is 0 Å². The Bertz CT molecular complexity index is 504. The highest BCUT2D eigenvalue weighted by Gasteiger charge is 2.06. The predicted molar refractivity (Wildman–Crippen MR) is 68.7 cm³/mol. The molecule has 0 amide bonds. The molecule has 0 unspecified atom stereocenters. The summed E-state index contributed by atoms with van der Waals surface area (Å²) in [6.45, 7) is 1.64. The van der Waals surface area contributed by atoms with Gasteiger partial charge in [0.2, 0.25) is 0 Å². The highest BCUT2D eigenvalue weighted by molar-refractivity contribution is 6.35. The van der Waals surface area contributed by atoms with Crippen LogP contribution in [0.25, 0.3) is 5.57 Å². The zero-order chi connectivity index (χ0) is 12.8. The van der Waals surface area contributed by atoms with E-state index in [1.807, 2.05) is 6.07 Å². The molecule has 1 aromatic rings. The van der Waals surface area contributed by atoms with Crippen LogP contribution in [0.1, 0.15) is 12.5 Å². The van der Waals surface area contributed by atoms with E-state index < -0.39 is 0 Å². The maximum atomic E-state index is 10.7. The minimum absolute atomic E-state index is 0.0132. The van der Waals surface area contributed by atoms with Gasteiger partial charge in [0, 0.05) is 16.8 Å². The van der Waals surface area contributed by atoms with E-state index in [1.165, 1.54) is 13.1 Å². The minimum atomic E-state index is -0.0132. The van der Waals surface area contributed by atoms with Gasteiger partial charge in [0.25, 0.3) is 0 Å². The van der Waals surface area contributed by atoms with Gasteiger partial charge in [-0.2, -0.15) is 5.26 Å². The standard InChI is InChI=1S/C12H10Cl2N2O/c1-8(17)6-16-7-9(5-15)11-3-2-10(13)4-12(11)14/h2-4,7,16H,6H2,1H3/b9-7+. The fourth-order valence-corrected chi connectivity index (χ4v) is 1.69. The Hall–Kier alpha value is -1.50. The van der Waals surface area contributed by atoms with Crippen molar-refractivity contribution < 1.29 is 4.79 Å². The van der Waals surface area contributed by atoms with E-state index in [4.69, 9.17) is 28.5 Å². The second-order valence-electron chi connectivity index (χ2n) is 3.38. The second kappa shape index (κ2) is 6.29. The molecule has 1 rings (SSSR count). The fourth-order valence-electron chi connectivity index (χ4n) is 1.17. The number of carbonyl (C=O) groups excluding carboxylic acids is 1. The molecule has 17 heavy (non-hydrogen) atoms. The summed E-state index contributed by atoms with van der Waals surface area (Å²) in [7, 11) is 0. The van der Waals surface area contributed by atoms with Gasteiger partial charge in [-0.05, 0) is 19.1 Å². The lowest BCUT2D eigenvalue weighted by molar-refractivity contribution is -0.116. The fraction of sp³-hybridized carbons (Fsp3) is 0.167. The van der Waals surface area contributed by atoms with Crippen molar-refractivity contribution >= 4 is 34.6 Å². The zero-order valence-corrected chi connectivity index (χ0v) is 10.6. The zero-order valence-electron chi connectivity index (χ0n) is 9.13. The molecule has 0 aliphatic carbocycles. The molecule has 5 heteroatoms. The van der Waals surface area contributed by atoms with Crippen LogP contribution >= 0.6 is 23.2 Å². The number of ketones is 1. The highest BCUT2D eigenvalue weighted by atomic mass is 35.5. The lowest BCUT2D eigenvalue weighted by atomic mass is 10.1. The first-order valence-corrected chi connectivity index (χ1v) is 5.58. The third-order valence-electron chi connectivity index (χ3n) is 1.94. The Labute approximate surface area is 110 Å². The van der Waals surface area contributed by atoms with Crippen LogP contribution in [0.3, 0.4) is 0 Å². The van der Waals surface area contributed by atoms with Gasteiger partial charge in [-0.15, -0.1) is 0 Å². The number of hydrogen-bond donors (Lipinski definition) is 1. The quantitative estimate of drug-likeness (QED) is 0.855. The molecule has 0 aromatic heterocycles. The lowest BCUT2D eigenvalue weighted by Crippen LogP contribution is -2.15. The van der Waals surface area contributed by atoms with Crippen molar-refractivity contribution in [2.75, 3.05) is 6.54 Å². The highest BCUT2D eigenvalue weighted by Crippen LogP contribution is 2.26. The third kappa shape index (κ3) is 4.10. The SMILES string of the molecule is CC(=O)CN/C=C(\C#N)c1ccc(Cl)cc1Cl. The van der Waals surface area contributed by atoms with Crippen molar-refractivity contribution in [1.82, 2.24) is 5.32 Å². The Balaban J connectivity index is 2.94. The van der Waals surface area contributed by atoms with E-state index in [0.29, 0.717) is 21.2 Å². The van der Waals surface area contributed by atoms with Crippen LogP contribution in [-0.4, -0.2) is 12.3 Å². The molecule has 0 saturated carbocycles. The monoisotopic (exact) mass is 268 g/mol. The van der Waals surface area contributed by atoms with Crippen molar-refractivity contribution in [2.45, 2.75) is 6.92 Å². The molecule has 0 bridgehead atoms. The summed E-state index contributed by atoms with van der Waals surface area (Å²) in [6, 6.07) is 6.89. The number of Topliss-reactive ketones (excluding diaryl/α,β-unsaturated/α-hetero) is 1. The van der Waals surface area contributed by atoms with Gasteiger partial charge in [-0.25, -0.2) is 0 Å². The average Bonchev–Trinajstić information content (AvgIpc) is 2.25. The van der Waals surface area contributed by atoms with Crippen molar-refractivity contribution in [3.05, 3.63) is 40.0 Å². The molecule has 0 aliphatic heterocycles. The summed E-state index contributed by atoms with van der Waals surface area (Å²) in [4.78, 5) is 10.7. The number of allylic oxidation sites excluding steroid dienone is 1. The van der Waals surface area contributed by atoms with Gasteiger partial charge in [-0.3, -0.25) is 4.79 Å². The first-order valence-electron chi connectivity index (χ1n) is 4.83. The van der Waals surface area contributed by atoms with E-state index >= 15 is 0 Å². The van der Waals surface area contributed by atoms with Gasteiger partial charge in [0.1, 0.15) is 11.9 Å². The normalized spacial score (nSPS) is 10.8. The summed E-state index contributed by atoms with van der Waals surface area (Å²) in [5.41, 5.74) is 0.933. The molecule has 1 aromatic carbocycles. The van der Waals surface area contributed by atoms with E-state index in [1.54, 1.807) is 18.2 Å². The number of nitrogens with zero attached hydrogens (tertiary/aromatic N) is 1. The third-order valence-corrected chi connectivity index (χ3v) is 2.49. The number of nitriles is 1. The number of rotatable bonds is 4. The van der Waals surface area contributed by atoms with Crippen LogP contribution in [0.5, 0.6) is 0 Å². The molecule has 1 N–H and O–H groups in total. The first kappa shape index (κ1) is 13.6. The summed E-state index contributed by atoms with van der Waals surface area (Å²) in [5.74, 6) is -0.0132. The number of hydrogen-bond acceptors (Lipinski definition) is 3. The molecule has 0 spiro atoms. The first-order chi connectivity index (χ1) is 8.04. The summed E-state index contributed by atoms with van der Waals surface area (Å²) >= 11 is 11.7. The molecule has 0 aliphatic rings. The van der Waals surface area contributed by atoms with E-state index in [0.717, 1.165) is 0 Å². The summed E-state index contributed by atoms with van der Waals surface area (Å²) in [6.07, 6.45) is 1.47. The maximum Gasteiger partial charge on any atom is 0.148 e. The Morgan fingerprint density at radius 2 is 2.24 bits per heavy atom. The molecule has 0 saturated heterocycles. The van der Waals surface area contributed by atoms with Crippen molar-refractivity contribution in [3.8, 4) is 6.07 Å². The van der Waals surface area contributed by atoms with Gasteiger partial charge in [0.05, 0.1) is 17.1 Å². The van der Waals surface area contributed by atoms with Gasteiger partial charge in [0.15, 0.2) is 0 Å². The molecule has 88 valence electrons. The lowest BCUT2D eigenvalue weighted by Gasteiger charge is -2.04. The smallest absolute Gasteiger partial charge is 0.148 e. The summed E-state index contributed by atoms with van der Waals surface area (Å²) < 4.78 is 0. The summed E-state index contributed by atoms with van der Waals surface area (Å²) in [5, 5.41) is 12.7. The molecule has 0 heterocycles. The molecule has 0 fully saturated rings. The molecule has 0 radical (unpaired) electrons. The van der Waals surface area contributed by atoms with Crippen LogP contribution in [0, 0.1) is 11.3 Å². The Kier molecular flexibility index (Phi) is 5.02. The largest absolute Gasteiger partial charge is 0.383 e. The molecule has 3 nitrogen and oxygen atoms in total. The van der Waals surface area contributed by atoms with E-state index in [9.17, 15) is 4.79 Å². The Morgan fingerprint density at radius 1 is 1.53 bits per heavy atom. The van der Waals surface area contributed by atoms with Crippen LogP contribution in [0.4, 0.5) is 0 Å². The van der Waals surface area contributed by atoms with Crippen molar-refractivity contribution in [1.29, 1.82) is 5.26 Å². The van der Waals surface area contributed by atoms with E-state index in [2.05, 4.69) is 5.32 Å². The topological polar surface area (TPSA) is 52.9 Å². The van der Waals surface area contributed by atoms with Crippen LogP contribution in [0.15, 0.2) is 24.4 Å². The Morgan fingerprint density at radius 3 is 2.76 bits per heavy atom. The average molecular weight is 269 g/mol. The van der Waals surface area contributed by atoms with Gasteiger partial charge in [-0.1, -0.05) is 29.3 Å². The van der Waals surface area contributed by atoms with Crippen LogP contribution in [-0.2, 0) is 4.79 Å². The second-order valence-corrected chi connectivity index (χ2v) is 4.22. The number of carbonyl (C=O) groups is 1. The minimum Gasteiger partial charge on any atom is -0.383 e. The number of benzene rings is 1. The number of nitrogens with one attached hydrogen (secondary N) is 1. The van der Waals surface area contributed by atoms with Gasteiger partial charge < -0.3 is 5.32 Å². The molecular weight excluding hydrogens is 259 g/mol. The van der Waals surface area contributed by atoms with E-state index in [-0.39, 0.29) is 12.3 Å². The predicted octanol–water partition coefficient (Wildman–Crippen LogP) is 3.04. The van der Waals surface area contributed by atoms with Crippen LogP contribution < -0.4 is 5.32 Å². The molecular formula is C12H10Cl2N2O.